The van der Waals surface area contributed by atoms with Crippen molar-refractivity contribution < 1.29 is 4.42 Å². The highest BCUT2D eigenvalue weighted by Crippen LogP contribution is 2.68. The summed E-state index contributed by atoms with van der Waals surface area (Å²) < 4.78 is 9.82. The fourth-order valence-electron chi connectivity index (χ4n) is 12.2. The lowest BCUT2D eigenvalue weighted by molar-refractivity contribution is 0.583. The van der Waals surface area contributed by atoms with Crippen LogP contribution >= 0.6 is 0 Å². The lowest BCUT2D eigenvalue weighted by atomic mass is 9.69. The van der Waals surface area contributed by atoms with Crippen LogP contribution in [0.4, 0.5) is 17.1 Å². The van der Waals surface area contributed by atoms with Crippen LogP contribution in [0.2, 0.25) is 0 Å². The Kier molecular flexibility index (Phi) is 9.37. The summed E-state index contributed by atoms with van der Waals surface area (Å²) in [6, 6.07) is 91.3. The SMILES string of the molecule is CC(C)(C)c1ccc2c(c1)C1(c3ccccc3-c3c(N(c4ccc(-c5ccccc5)cc4)c4ccc5c6ccccc6n(-c6ccccc6)c5c4)cccc31)c1c(-c3ccccc3)oc(-c3ccccc3)c1-2. The average molecular weight is 923 g/mol. The Morgan fingerprint density at radius 1 is 0.403 bits per heavy atom. The highest BCUT2D eigenvalue weighted by Gasteiger charge is 2.56. The first kappa shape index (κ1) is 42.0. The lowest BCUT2D eigenvalue weighted by Gasteiger charge is -2.33. The van der Waals surface area contributed by atoms with Gasteiger partial charge in [-0.1, -0.05) is 221 Å². The van der Waals surface area contributed by atoms with Crippen molar-refractivity contribution in [1.29, 1.82) is 0 Å². The van der Waals surface area contributed by atoms with Crippen LogP contribution in [0.25, 0.3) is 83.5 Å². The Morgan fingerprint density at radius 3 is 1.69 bits per heavy atom. The van der Waals surface area contributed by atoms with Gasteiger partial charge in [0, 0.05) is 55.7 Å². The summed E-state index contributed by atoms with van der Waals surface area (Å²) in [5, 5.41) is 2.44. The molecule has 2 aliphatic carbocycles. The van der Waals surface area contributed by atoms with Crippen molar-refractivity contribution in [2.45, 2.75) is 31.6 Å². The first-order valence-electron chi connectivity index (χ1n) is 25.1. The quantitative estimate of drug-likeness (QED) is 0.159. The number of benzene rings is 10. The van der Waals surface area contributed by atoms with Gasteiger partial charge in [0.25, 0.3) is 0 Å². The summed E-state index contributed by atoms with van der Waals surface area (Å²) in [5.41, 5.74) is 21.5. The van der Waals surface area contributed by atoms with Crippen LogP contribution in [-0.2, 0) is 10.8 Å². The minimum Gasteiger partial charge on any atom is -0.455 e. The van der Waals surface area contributed by atoms with Gasteiger partial charge in [0.1, 0.15) is 11.5 Å². The van der Waals surface area contributed by atoms with Crippen LogP contribution in [0.5, 0.6) is 0 Å². The highest BCUT2D eigenvalue weighted by atomic mass is 16.3. The van der Waals surface area contributed by atoms with Crippen LogP contribution in [0, 0.1) is 0 Å². The van der Waals surface area contributed by atoms with E-state index in [9.17, 15) is 0 Å². The van der Waals surface area contributed by atoms with Crippen LogP contribution in [0.3, 0.4) is 0 Å². The van der Waals surface area contributed by atoms with Crippen LogP contribution < -0.4 is 4.90 Å². The largest absolute Gasteiger partial charge is 0.455 e. The molecular formula is C69H50N2O. The van der Waals surface area contributed by atoms with Gasteiger partial charge in [-0.2, -0.15) is 0 Å². The van der Waals surface area contributed by atoms with E-state index in [-0.39, 0.29) is 5.41 Å². The number of hydrogen-bond acceptors (Lipinski definition) is 2. The van der Waals surface area contributed by atoms with E-state index in [1.807, 2.05) is 0 Å². The van der Waals surface area contributed by atoms with Crippen molar-refractivity contribution in [2.24, 2.45) is 0 Å². The van der Waals surface area contributed by atoms with Crippen molar-refractivity contribution in [1.82, 2.24) is 4.57 Å². The second kappa shape index (κ2) is 16.1. The second-order valence-corrected chi connectivity index (χ2v) is 20.4. The molecule has 0 amide bonds. The van der Waals surface area contributed by atoms with Crippen molar-refractivity contribution >= 4 is 38.9 Å². The van der Waals surface area contributed by atoms with Gasteiger partial charge in [-0.05, 0) is 98.5 Å². The van der Waals surface area contributed by atoms with Gasteiger partial charge in [0.05, 0.1) is 22.1 Å². The van der Waals surface area contributed by atoms with E-state index in [1.54, 1.807) is 0 Å². The number of aromatic nitrogens is 1. The normalized spacial score (nSPS) is 14.4. The number of fused-ring (bicyclic) bond motifs is 13. The Morgan fingerprint density at radius 2 is 0.972 bits per heavy atom. The number of furan rings is 1. The summed E-state index contributed by atoms with van der Waals surface area (Å²) in [6.45, 7) is 6.98. The highest BCUT2D eigenvalue weighted by molar-refractivity contribution is 6.11. The molecule has 0 saturated heterocycles. The van der Waals surface area contributed by atoms with E-state index < -0.39 is 5.41 Å². The van der Waals surface area contributed by atoms with Crippen molar-refractivity contribution in [2.75, 3.05) is 4.90 Å². The summed E-state index contributed by atoms with van der Waals surface area (Å²) in [4.78, 5) is 2.50. The van der Waals surface area contributed by atoms with Gasteiger partial charge in [0.2, 0.25) is 0 Å². The van der Waals surface area contributed by atoms with Gasteiger partial charge in [-0.15, -0.1) is 0 Å². The maximum atomic E-state index is 7.40. The molecule has 0 bridgehead atoms. The Labute approximate surface area is 420 Å². The maximum absolute atomic E-state index is 7.40. The van der Waals surface area contributed by atoms with E-state index in [1.165, 1.54) is 71.9 Å². The van der Waals surface area contributed by atoms with Crippen LogP contribution in [0.15, 0.2) is 253 Å². The molecule has 3 nitrogen and oxygen atoms in total. The molecule has 0 radical (unpaired) electrons. The molecule has 0 fully saturated rings. The topological polar surface area (TPSA) is 21.3 Å². The third kappa shape index (κ3) is 6.17. The fraction of sp³-hybridized carbons (Fsp3) is 0.0725. The summed E-state index contributed by atoms with van der Waals surface area (Å²) in [7, 11) is 0. The fourth-order valence-corrected chi connectivity index (χ4v) is 12.2. The first-order chi connectivity index (χ1) is 35.4. The molecule has 10 aromatic carbocycles. The molecule has 1 unspecified atom stereocenters. The average Bonchev–Trinajstić information content (AvgIpc) is 4.17. The van der Waals surface area contributed by atoms with Gasteiger partial charge in [0.15, 0.2) is 0 Å². The minimum absolute atomic E-state index is 0.0932. The lowest BCUT2D eigenvalue weighted by Crippen LogP contribution is -2.27. The number of hydrogen-bond donors (Lipinski definition) is 0. The number of rotatable bonds is 7. The molecule has 72 heavy (non-hydrogen) atoms. The molecule has 0 aliphatic heterocycles. The van der Waals surface area contributed by atoms with Crippen molar-refractivity contribution in [3.63, 3.8) is 0 Å². The zero-order chi connectivity index (χ0) is 48.1. The van der Waals surface area contributed by atoms with E-state index in [4.69, 9.17) is 4.42 Å². The third-order valence-corrected chi connectivity index (χ3v) is 15.4. The zero-order valence-electron chi connectivity index (χ0n) is 40.5. The molecule has 2 aliphatic rings. The minimum atomic E-state index is -0.720. The molecule has 2 aromatic heterocycles. The second-order valence-electron chi connectivity index (χ2n) is 20.4. The number of nitrogens with zero attached hydrogens (tertiary/aromatic N) is 2. The standard InChI is InChI=1S/C69H50N2O/c1-68(2,3)49-37-41-56-59(43-49)69(65-64(56)66(47-23-10-5-11-24-47)72-67(65)48-25-12-6-13-26-48)57-31-18-16-30-55(57)63-58(69)32-20-34-61(63)70(51-38-35-46(36-39-51)45-21-8-4-9-22-45)52-40-42-54-53-29-17-19-33-60(53)71(62(54)44-52)50-27-14-7-15-28-50/h4-44H,1-3H3. The molecule has 342 valence electrons. The number of para-hydroxylation sites is 2. The monoisotopic (exact) mass is 922 g/mol. The van der Waals surface area contributed by atoms with Gasteiger partial charge < -0.3 is 13.9 Å². The molecule has 0 saturated carbocycles. The summed E-state index contributed by atoms with van der Waals surface area (Å²) >= 11 is 0. The van der Waals surface area contributed by atoms with E-state index in [2.05, 4.69) is 279 Å². The smallest absolute Gasteiger partial charge is 0.142 e. The molecule has 12 aromatic rings. The molecule has 1 atom stereocenters. The molecule has 3 heteroatoms. The van der Waals surface area contributed by atoms with E-state index in [0.29, 0.717) is 0 Å². The van der Waals surface area contributed by atoms with Gasteiger partial charge >= 0.3 is 0 Å². The zero-order valence-corrected chi connectivity index (χ0v) is 40.5. The molecule has 1 spiro atoms. The Hall–Kier alpha value is -8.92. The predicted octanol–water partition coefficient (Wildman–Crippen LogP) is 18.5. The van der Waals surface area contributed by atoms with Crippen LogP contribution in [-0.4, -0.2) is 4.57 Å². The summed E-state index contributed by atoms with van der Waals surface area (Å²) in [6.07, 6.45) is 0. The van der Waals surface area contributed by atoms with Crippen molar-refractivity contribution in [3.05, 3.63) is 277 Å². The van der Waals surface area contributed by atoms with Gasteiger partial charge in [-0.25, -0.2) is 0 Å². The molecule has 2 heterocycles. The van der Waals surface area contributed by atoms with Gasteiger partial charge in [-0.3, -0.25) is 0 Å². The molecular weight excluding hydrogens is 873 g/mol. The predicted molar refractivity (Wildman–Crippen MR) is 299 cm³/mol. The number of anilines is 3. The molecule has 0 N–H and O–H groups in total. The van der Waals surface area contributed by atoms with Crippen molar-refractivity contribution in [3.8, 4) is 61.7 Å². The third-order valence-electron chi connectivity index (χ3n) is 15.4. The summed E-state index contributed by atoms with van der Waals surface area (Å²) in [5.74, 6) is 1.80. The Bertz CT molecular complexity index is 4050. The maximum Gasteiger partial charge on any atom is 0.142 e. The Balaban J connectivity index is 1.09. The van der Waals surface area contributed by atoms with Crippen LogP contribution in [0.1, 0.15) is 48.6 Å². The first-order valence-corrected chi connectivity index (χ1v) is 25.1. The van der Waals surface area contributed by atoms with E-state index >= 15 is 0 Å². The molecule has 14 rings (SSSR count). The van der Waals surface area contributed by atoms with E-state index in [0.717, 1.165) is 56.5 Å².